The van der Waals surface area contributed by atoms with Crippen LogP contribution in [0, 0.1) is 24.2 Å². The van der Waals surface area contributed by atoms with Gasteiger partial charge < -0.3 is 5.32 Å². The maximum atomic E-state index is 12.9. The van der Waals surface area contributed by atoms with Gasteiger partial charge in [0.1, 0.15) is 0 Å². The fourth-order valence-corrected chi connectivity index (χ4v) is 8.90. The van der Waals surface area contributed by atoms with Crippen molar-refractivity contribution in [2.24, 2.45) is 17.3 Å². The van der Waals surface area contributed by atoms with E-state index >= 15 is 0 Å². The average Bonchev–Trinajstić information content (AvgIpc) is 2.53. The van der Waals surface area contributed by atoms with Gasteiger partial charge in [-0.3, -0.25) is 4.79 Å². The summed E-state index contributed by atoms with van der Waals surface area (Å²) in [5, 5.41) is 2.97. The molecule has 2 unspecified atom stereocenters. The minimum Gasteiger partial charge on any atom is -0.326 e. The summed E-state index contributed by atoms with van der Waals surface area (Å²) >= 11 is 4.00. The molecule has 5 rings (SSSR count). The summed E-state index contributed by atoms with van der Waals surface area (Å²) in [6, 6.07) is 5.12. The minimum absolute atomic E-state index is 0.00453. The highest BCUT2D eigenvalue weighted by Gasteiger charge is 2.57. The van der Waals surface area contributed by atoms with E-state index in [2.05, 4.69) is 21.2 Å². The molecule has 1 N–H and O–H groups in total. The number of nitrogens with one attached hydrogen (secondary N) is 1. The van der Waals surface area contributed by atoms with Crippen molar-refractivity contribution in [3.05, 3.63) is 23.8 Å². The third-order valence-electron chi connectivity index (χ3n) is 6.88. The number of halogens is 1. The van der Waals surface area contributed by atoms with Crippen molar-refractivity contribution >= 4 is 37.5 Å². The molecule has 2 atom stereocenters. The number of amides is 1. The van der Waals surface area contributed by atoms with Crippen LogP contribution in [0.3, 0.4) is 0 Å². The highest BCUT2D eigenvalue weighted by atomic mass is 79.9. The molecule has 4 saturated carbocycles. The largest absolute Gasteiger partial charge is 0.326 e. The van der Waals surface area contributed by atoms with Crippen molar-refractivity contribution in [3.8, 4) is 0 Å². The van der Waals surface area contributed by atoms with Gasteiger partial charge in [-0.25, -0.2) is 12.7 Å². The van der Waals surface area contributed by atoms with Crippen molar-refractivity contribution in [1.82, 2.24) is 4.31 Å². The minimum atomic E-state index is -3.54. The first-order valence-corrected chi connectivity index (χ1v) is 12.3. The standard InChI is InChI=1S/C21H29BrN2O3S/c1-14-4-5-17(7-18(14)28(26,27)24(2)3)23-19(25)12-20-8-15-6-16(9-20)11-21(22,10-15)13-20/h4-5,7,15-16H,6,8-13H2,1-3H3,(H,23,25). The molecule has 0 aliphatic heterocycles. The summed E-state index contributed by atoms with van der Waals surface area (Å²) in [4.78, 5) is 13.1. The predicted molar refractivity (Wildman–Crippen MR) is 114 cm³/mol. The second-order valence-corrected chi connectivity index (χ2v) is 13.4. The fraction of sp³-hybridized carbons (Fsp3) is 0.667. The first-order valence-electron chi connectivity index (χ1n) is 10.0. The Hall–Kier alpha value is -0.920. The number of hydrogen-bond acceptors (Lipinski definition) is 3. The Morgan fingerprint density at radius 2 is 1.86 bits per heavy atom. The zero-order chi connectivity index (χ0) is 20.3. The predicted octanol–water partition coefficient (Wildman–Crippen LogP) is 4.31. The lowest BCUT2D eigenvalue weighted by Gasteiger charge is -2.60. The number of aryl methyl sites for hydroxylation is 1. The molecule has 4 aliphatic rings. The Labute approximate surface area is 176 Å². The fourth-order valence-electron chi connectivity index (χ4n) is 6.24. The van der Waals surface area contributed by atoms with Crippen molar-refractivity contribution < 1.29 is 13.2 Å². The lowest BCUT2D eigenvalue weighted by Crippen LogP contribution is -2.53. The SMILES string of the molecule is Cc1ccc(NC(=O)CC23CC4CC(CC(Br)(C4)C2)C3)cc1S(=O)(=O)N(C)C. The van der Waals surface area contributed by atoms with Gasteiger partial charge in [-0.2, -0.15) is 0 Å². The number of carbonyl (C=O) groups excluding carboxylic acids is 1. The molecule has 0 heterocycles. The molecular weight excluding hydrogens is 440 g/mol. The Bertz CT molecular complexity index is 898. The second-order valence-electron chi connectivity index (χ2n) is 9.60. The number of hydrogen-bond donors (Lipinski definition) is 1. The van der Waals surface area contributed by atoms with Gasteiger partial charge in [-0.1, -0.05) is 22.0 Å². The van der Waals surface area contributed by atoms with E-state index in [0.717, 1.165) is 31.1 Å². The van der Waals surface area contributed by atoms with Crippen LogP contribution in [0.5, 0.6) is 0 Å². The van der Waals surface area contributed by atoms with Gasteiger partial charge in [0, 0.05) is 30.5 Å². The number of anilines is 1. The Kier molecular flexibility index (Phi) is 4.95. The molecule has 28 heavy (non-hydrogen) atoms. The second kappa shape index (κ2) is 6.81. The first-order chi connectivity index (χ1) is 13.0. The molecule has 0 spiro atoms. The number of carbonyl (C=O) groups is 1. The van der Waals surface area contributed by atoms with Crippen LogP contribution in [-0.2, 0) is 14.8 Å². The summed E-state index contributed by atoms with van der Waals surface area (Å²) in [5.41, 5.74) is 1.32. The smallest absolute Gasteiger partial charge is 0.242 e. The maximum absolute atomic E-state index is 12.9. The summed E-state index contributed by atoms with van der Waals surface area (Å²) in [6.45, 7) is 1.77. The summed E-state index contributed by atoms with van der Waals surface area (Å²) < 4.78 is 26.5. The van der Waals surface area contributed by atoms with Gasteiger partial charge in [-0.05, 0) is 80.4 Å². The molecule has 5 nitrogen and oxygen atoms in total. The van der Waals surface area contributed by atoms with Gasteiger partial charge >= 0.3 is 0 Å². The molecule has 4 aliphatic carbocycles. The van der Waals surface area contributed by atoms with E-state index < -0.39 is 10.0 Å². The van der Waals surface area contributed by atoms with Crippen LogP contribution in [-0.4, -0.2) is 37.0 Å². The third kappa shape index (κ3) is 3.65. The lowest BCUT2D eigenvalue weighted by atomic mass is 9.48. The summed E-state index contributed by atoms with van der Waals surface area (Å²) in [5.74, 6) is 1.48. The lowest BCUT2D eigenvalue weighted by molar-refractivity contribution is -0.123. The highest BCUT2D eigenvalue weighted by molar-refractivity contribution is 9.10. The number of benzene rings is 1. The van der Waals surface area contributed by atoms with Crippen molar-refractivity contribution in [3.63, 3.8) is 0 Å². The molecule has 7 heteroatoms. The average molecular weight is 469 g/mol. The highest BCUT2D eigenvalue weighted by Crippen LogP contribution is 2.65. The van der Waals surface area contributed by atoms with E-state index in [-0.39, 0.29) is 20.5 Å². The van der Waals surface area contributed by atoms with Crippen molar-refractivity contribution in [1.29, 1.82) is 0 Å². The molecule has 154 valence electrons. The van der Waals surface area contributed by atoms with Gasteiger partial charge in [0.05, 0.1) is 4.90 Å². The van der Waals surface area contributed by atoms with Gasteiger partial charge in [-0.15, -0.1) is 0 Å². The maximum Gasteiger partial charge on any atom is 0.242 e. The van der Waals surface area contributed by atoms with Crippen molar-refractivity contribution in [2.45, 2.75) is 61.1 Å². The first kappa shape index (κ1) is 20.4. The molecule has 0 aromatic heterocycles. The van der Waals surface area contributed by atoms with Gasteiger partial charge in [0.25, 0.3) is 0 Å². The van der Waals surface area contributed by atoms with E-state index in [1.165, 1.54) is 37.7 Å². The molecule has 1 aromatic rings. The van der Waals surface area contributed by atoms with E-state index in [1.54, 1.807) is 25.1 Å². The number of sulfonamides is 1. The van der Waals surface area contributed by atoms with Crippen LogP contribution in [0.2, 0.25) is 0 Å². The molecule has 0 radical (unpaired) electrons. The summed E-state index contributed by atoms with van der Waals surface area (Å²) in [7, 11) is -0.508. The molecule has 1 amide bonds. The van der Waals surface area contributed by atoms with Crippen LogP contribution < -0.4 is 5.32 Å². The normalized spacial score (nSPS) is 34.0. The Morgan fingerprint density at radius 3 is 2.43 bits per heavy atom. The van der Waals surface area contributed by atoms with E-state index in [9.17, 15) is 13.2 Å². The van der Waals surface area contributed by atoms with Crippen LogP contribution >= 0.6 is 15.9 Å². The molecule has 4 bridgehead atoms. The molecule has 4 fully saturated rings. The van der Waals surface area contributed by atoms with Crippen LogP contribution in [0.25, 0.3) is 0 Å². The molecule has 0 saturated heterocycles. The third-order valence-corrected chi connectivity index (χ3v) is 9.76. The zero-order valence-corrected chi connectivity index (χ0v) is 19.2. The van der Waals surface area contributed by atoms with Gasteiger partial charge in [0.2, 0.25) is 15.9 Å². The molecule has 1 aromatic carbocycles. The Balaban J connectivity index is 1.51. The van der Waals surface area contributed by atoms with E-state index in [4.69, 9.17) is 0 Å². The van der Waals surface area contributed by atoms with E-state index in [0.29, 0.717) is 17.7 Å². The monoisotopic (exact) mass is 468 g/mol. The van der Waals surface area contributed by atoms with Crippen molar-refractivity contribution in [2.75, 3.05) is 19.4 Å². The number of nitrogens with zero attached hydrogens (tertiary/aromatic N) is 1. The quantitative estimate of drug-likeness (QED) is 0.654. The number of alkyl halides is 1. The zero-order valence-electron chi connectivity index (χ0n) is 16.8. The topological polar surface area (TPSA) is 66.5 Å². The van der Waals surface area contributed by atoms with Crippen LogP contribution in [0.1, 0.15) is 50.5 Å². The van der Waals surface area contributed by atoms with E-state index in [1.807, 2.05) is 0 Å². The van der Waals surface area contributed by atoms with Crippen LogP contribution in [0.4, 0.5) is 5.69 Å². The van der Waals surface area contributed by atoms with Crippen LogP contribution in [0.15, 0.2) is 23.1 Å². The molecular formula is C21H29BrN2O3S. The number of rotatable bonds is 5. The Morgan fingerprint density at radius 1 is 1.21 bits per heavy atom. The summed E-state index contributed by atoms with van der Waals surface area (Å²) in [6.07, 6.45) is 7.72. The van der Waals surface area contributed by atoms with Gasteiger partial charge in [0.15, 0.2) is 0 Å².